The normalized spacial score (nSPS) is 11.8. The first kappa shape index (κ1) is 17.2. The van der Waals surface area contributed by atoms with Gasteiger partial charge in [-0.05, 0) is 25.1 Å². The summed E-state index contributed by atoms with van der Waals surface area (Å²) in [7, 11) is 3.17. The van der Waals surface area contributed by atoms with Crippen LogP contribution in [0.3, 0.4) is 0 Å². The Kier molecular flexibility index (Phi) is 5.95. The zero-order valence-corrected chi connectivity index (χ0v) is 14.1. The maximum Gasteiger partial charge on any atom is 0.226 e. The van der Waals surface area contributed by atoms with Crippen molar-refractivity contribution in [3.8, 4) is 22.1 Å². The van der Waals surface area contributed by atoms with Gasteiger partial charge in [-0.2, -0.15) is 0 Å². The number of aliphatic hydroxyl groups is 1. The lowest BCUT2D eigenvalue weighted by Gasteiger charge is -2.08. The van der Waals surface area contributed by atoms with E-state index < -0.39 is 6.10 Å². The van der Waals surface area contributed by atoms with Gasteiger partial charge < -0.3 is 19.9 Å². The molecule has 7 heteroatoms. The molecule has 0 bridgehead atoms. The summed E-state index contributed by atoms with van der Waals surface area (Å²) < 4.78 is 10.5. The molecule has 1 aromatic heterocycles. The van der Waals surface area contributed by atoms with Crippen LogP contribution in [0.5, 0.6) is 11.5 Å². The molecule has 0 radical (unpaired) electrons. The van der Waals surface area contributed by atoms with Crippen LogP contribution in [0.4, 0.5) is 0 Å². The fourth-order valence-corrected chi connectivity index (χ4v) is 2.80. The standard InChI is InChI=1S/C16H20N2O4S/c1-10(19)8-17-15(20)7-12-9-23-16(18-12)11-4-5-13(21-2)14(6-11)22-3/h4-6,9-10,19H,7-8H2,1-3H3,(H,17,20). The maximum absolute atomic E-state index is 11.8. The van der Waals surface area contributed by atoms with Gasteiger partial charge in [-0.15, -0.1) is 11.3 Å². The third-order valence-electron chi connectivity index (χ3n) is 3.12. The van der Waals surface area contributed by atoms with E-state index in [4.69, 9.17) is 14.6 Å². The minimum Gasteiger partial charge on any atom is -0.493 e. The number of benzene rings is 1. The molecule has 1 unspecified atom stereocenters. The summed E-state index contributed by atoms with van der Waals surface area (Å²) in [5, 5.41) is 14.5. The minimum atomic E-state index is -0.559. The van der Waals surface area contributed by atoms with Crippen LogP contribution in [-0.4, -0.2) is 42.9 Å². The third kappa shape index (κ3) is 4.67. The van der Waals surface area contributed by atoms with Gasteiger partial charge >= 0.3 is 0 Å². The highest BCUT2D eigenvalue weighted by atomic mass is 32.1. The number of hydrogen-bond donors (Lipinski definition) is 2. The third-order valence-corrected chi connectivity index (χ3v) is 4.06. The van der Waals surface area contributed by atoms with Crippen LogP contribution in [0, 0.1) is 0 Å². The predicted molar refractivity (Wildman–Crippen MR) is 89.0 cm³/mol. The van der Waals surface area contributed by atoms with E-state index in [0.717, 1.165) is 10.6 Å². The fraction of sp³-hybridized carbons (Fsp3) is 0.375. The largest absolute Gasteiger partial charge is 0.493 e. The summed E-state index contributed by atoms with van der Waals surface area (Å²) in [5.41, 5.74) is 1.60. The van der Waals surface area contributed by atoms with Gasteiger partial charge in [-0.25, -0.2) is 4.98 Å². The van der Waals surface area contributed by atoms with E-state index >= 15 is 0 Å². The molecule has 1 amide bonds. The van der Waals surface area contributed by atoms with Crippen molar-refractivity contribution in [2.45, 2.75) is 19.4 Å². The van der Waals surface area contributed by atoms with Crippen LogP contribution < -0.4 is 14.8 Å². The van der Waals surface area contributed by atoms with E-state index in [-0.39, 0.29) is 18.9 Å². The van der Waals surface area contributed by atoms with Crippen molar-refractivity contribution in [1.82, 2.24) is 10.3 Å². The molecule has 1 aromatic carbocycles. The van der Waals surface area contributed by atoms with Crippen molar-refractivity contribution in [1.29, 1.82) is 0 Å². The molecular formula is C16H20N2O4S. The van der Waals surface area contributed by atoms with Crippen molar-refractivity contribution in [3.63, 3.8) is 0 Å². The molecule has 1 heterocycles. The van der Waals surface area contributed by atoms with Crippen LogP contribution in [0.1, 0.15) is 12.6 Å². The summed E-state index contributed by atoms with van der Waals surface area (Å²) in [4.78, 5) is 16.2. The zero-order valence-electron chi connectivity index (χ0n) is 13.3. The first-order valence-corrected chi connectivity index (χ1v) is 8.03. The summed E-state index contributed by atoms with van der Waals surface area (Å²) in [6.07, 6.45) is -0.368. The lowest BCUT2D eigenvalue weighted by Crippen LogP contribution is -2.31. The number of hydrogen-bond acceptors (Lipinski definition) is 6. The van der Waals surface area contributed by atoms with Crippen molar-refractivity contribution < 1.29 is 19.4 Å². The van der Waals surface area contributed by atoms with Gasteiger partial charge in [0, 0.05) is 17.5 Å². The fourth-order valence-electron chi connectivity index (χ4n) is 1.98. The topological polar surface area (TPSA) is 80.7 Å². The predicted octanol–water partition coefficient (Wildman–Crippen LogP) is 1.87. The van der Waals surface area contributed by atoms with Crippen LogP contribution in [0.15, 0.2) is 23.6 Å². The maximum atomic E-state index is 11.8. The van der Waals surface area contributed by atoms with Crippen LogP contribution in [-0.2, 0) is 11.2 Å². The van der Waals surface area contributed by atoms with E-state index in [1.165, 1.54) is 11.3 Å². The van der Waals surface area contributed by atoms with Gasteiger partial charge in [0.15, 0.2) is 11.5 Å². The molecule has 0 saturated heterocycles. The average molecular weight is 336 g/mol. The molecule has 0 spiro atoms. The second-order valence-corrected chi connectivity index (χ2v) is 5.90. The molecule has 2 N–H and O–H groups in total. The van der Waals surface area contributed by atoms with E-state index in [1.807, 2.05) is 23.6 Å². The molecule has 6 nitrogen and oxygen atoms in total. The molecule has 1 atom stereocenters. The number of aromatic nitrogens is 1. The number of amides is 1. The Morgan fingerprint density at radius 3 is 2.74 bits per heavy atom. The number of ether oxygens (including phenoxy) is 2. The van der Waals surface area contributed by atoms with Gasteiger partial charge in [0.25, 0.3) is 0 Å². The van der Waals surface area contributed by atoms with Crippen molar-refractivity contribution in [2.24, 2.45) is 0 Å². The van der Waals surface area contributed by atoms with Crippen LogP contribution >= 0.6 is 11.3 Å². The first-order chi connectivity index (χ1) is 11.0. The molecule has 124 valence electrons. The number of carbonyl (C=O) groups is 1. The highest BCUT2D eigenvalue weighted by Crippen LogP contribution is 2.33. The summed E-state index contributed by atoms with van der Waals surface area (Å²) >= 11 is 1.46. The number of methoxy groups -OCH3 is 2. The average Bonchev–Trinajstić information content (AvgIpc) is 3.00. The number of rotatable bonds is 7. The monoisotopic (exact) mass is 336 g/mol. The van der Waals surface area contributed by atoms with E-state index in [1.54, 1.807) is 21.1 Å². The lowest BCUT2D eigenvalue weighted by molar-refractivity contribution is -0.120. The van der Waals surface area contributed by atoms with Crippen molar-refractivity contribution in [2.75, 3.05) is 20.8 Å². The Labute approximate surface area is 139 Å². The molecule has 2 aromatic rings. The second kappa shape index (κ2) is 7.94. The molecular weight excluding hydrogens is 316 g/mol. The van der Waals surface area contributed by atoms with Gasteiger partial charge in [0.05, 0.1) is 32.4 Å². The van der Waals surface area contributed by atoms with Gasteiger partial charge in [-0.1, -0.05) is 0 Å². The smallest absolute Gasteiger partial charge is 0.226 e. The minimum absolute atomic E-state index is 0.157. The Morgan fingerprint density at radius 1 is 1.35 bits per heavy atom. The number of carbonyl (C=O) groups excluding carboxylic acids is 1. The number of thiazole rings is 1. The Morgan fingerprint density at radius 2 is 2.09 bits per heavy atom. The molecule has 0 aliphatic rings. The molecule has 23 heavy (non-hydrogen) atoms. The summed E-state index contributed by atoms with van der Waals surface area (Å²) in [6.45, 7) is 1.86. The second-order valence-electron chi connectivity index (χ2n) is 5.04. The number of nitrogens with zero attached hydrogens (tertiary/aromatic N) is 1. The van der Waals surface area contributed by atoms with Crippen molar-refractivity contribution >= 4 is 17.2 Å². The summed E-state index contributed by atoms with van der Waals surface area (Å²) in [5.74, 6) is 1.14. The number of nitrogens with one attached hydrogen (secondary N) is 1. The highest BCUT2D eigenvalue weighted by Gasteiger charge is 2.12. The number of aliphatic hydroxyl groups excluding tert-OH is 1. The molecule has 0 aliphatic heterocycles. The highest BCUT2D eigenvalue weighted by molar-refractivity contribution is 7.13. The van der Waals surface area contributed by atoms with Crippen LogP contribution in [0.2, 0.25) is 0 Å². The van der Waals surface area contributed by atoms with Gasteiger partial charge in [-0.3, -0.25) is 4.79 Å². The lowest BCUT2D eigenvalue weighted by atomic mass is 10.2. The zero-order chi connectivity index (χ0) is 16.8. The summed E-state index contributed by atoms with van der Waals surface area (Å²) in [6, 6.07) is 5.58. The molecule has 0 aliphatic carbocycles. The molecule has 0 fully saturated rings. The Bertz CT molecular complexity index is 670. The van der Waals surface area contributed by atoms with E-state index in [0.29, 0.717) is 17.2 Å². The Balaban J connectivity index is 2.08. The SMILES string of the molecule is COc1ccc(-c2nc(CC(=O)NCC(C)O)cs2)cc1OC. The quantitative estimate of drug-likeness (QED) is 0.807. The van der Waals surface area contributed by atoms with E-state index in [9.17, 15) is 4.79 Å². The molecule has 2 rings (SSSR count). The van der Waals surface area contributed by atoms with Gasteiger partial charge in [0.2, 0.25) is 5.91 Å². The van der Waals surface area contributed by atoms with Gasteiger partial charge in [0.1, 0.15) is 5.01 Å². The van der Waals surface area contributed by atoms with Crippen molar-refractivity contribution in [3.05, 3.63) is 29.3 Å². The first-order valence-electron chi connectivity index (χ1n) is 7.15. The Hall–Kier alpha value is -2.12. The molecule has 0 saturated carbocycles. The van der Waals surface area contributed by atoms with Crippen LogP contribution in [0.25, 0.3) is 10.6 Å². The van der Waals surface area contributed by atoms with E-state index in [2.05, 4.69) is 10.3 Å².